The van der Waals surface area contributed by atoms with Crippen molar-refractivity contribution in [1.29, 1.82) is 0 Å². The minimum absolute atomic E-state index is 0.149. The van der Waals surface area contributed by atoms with E-state index in [2.05, 4.69) is 26.4 Å². The van der Waals surface area contributed by atoms with Crippen LogP contribution in [0.2, 0.25) is 0 Å². The topological polar surface area (TPSA) is 85.0 Å². The Kier molecular flexibility index (Phi) is 4.02. The molecule has 5 heterocycles. The number of carbonyl (C=O) groups is 1. The van der Waals surface area contributed by atoms with Gasteiger partial charge in [0.15, 0.2) is 0 Å². The molecule has 5 rings (SSSR count). The van der Waals surface area contributed by atoms with Crippen LogP contribution >= 0.6 is 11.3 Å². The number of nitrogens with two attached hydrogens (primary N) is 1. The van der Waals surface area contributed by atoms with E-state index in [0.717, 1.165) is 51.3 Å². The molecule has 4 aromatic heterocycles. The normalized spacial score (nSPS) is 14.1. The Hall–Kier alpha value is -3.32. The van der Waals surface area contributed by atoms with Crippen molar-refractivity contribution >= 4 is 39.0 Å². The number of nitrogen functional groups attached to an aromatic ring is 1. The van der Waals surface area contributed by atoms with Gasteiger partial charge in [-0.05, 0) is 36.8 Å². The molecule has 4 aromatic rings. The highest BCUT2D eigenvalue weighted by molar-refractivity contribution is 7.17. The van der Waals surface area contributed by atoms with Gasteiger partial charge in [0.2, 0.25) is 5.91 Å². The van der Waals surface area contributed by atoms with E-state index in [0.29, 0.717) is 12.2 Å². The second-order valence-electron chi connectivity index (χ2n) is 6.71. The molecule has 2 N–H and O–H groups in total. The number of hydrogen-bond donors (Lipinski definition) is 1. The summed E-state index contributed by atoms with van der Waals surface area (Å²) in [7, 11) is 0. The zero-order chi connectivity index (χ0) is 19.1. The molecule has 7 heteroatoms. The summed E-state index contributed by atoms with van der Waals surface area (Å²) in [5, 5.41) is 3.19. The second-order valence-corrected chi connectivity index (χ2v) is 7.57. The van der Waals surface area contributed by atoms with Crippen molar-refractivity contribution in [2.45, 2.75) is 12.8 Å². The molecule has 1 saturated heterocycles. The fourth-order valence-electron chi connectivity index (χ4n) is 3.55. The zero-order valence-corrected chi connectivity index (χ0v) is 15.8. The maximum absolute atomic E-state index is 11.9. The highest BCUT2D eigenvalue weighted by Crippen LogP contribution is 2.35. The Morgan fingerprint density at radius 3 is 2.79 bits per heavy atom. The van der Waals surface area contributed by atoms with Crippen LogP contribution in [-0.2, 0) is 4.79 Å². The third-order valence-electron chi connectivity index (χ3n) is 4.99. The fraction of sp³-hybridized carbons (Fsp3) is 0.143. The Bertz CT molecular complexity index is 1190. The van der Waals surface area contributed by atoms with Crippen LogP contribution in [0.5, 0.6) is 0 Å². The summed E-state index contributed by atoms with van der Waals surface area (Å²) >= 11 is 1.61. The van der Waals surface area contributed by atoms with Gasteiger partial charge in [0.1, 0.15) is 10.6 Å². The summed E-state index contributed by atoms with van der Waals surface area (Å²) in [6.07, 6.45) is 6.80. The second kappa shape index (κ2) is 6.69. The van der Waals surface area contributed by atoms with Gasteiger partial charge in [0.05, 0.1) is 17.6 Å². The van der Waals surface area contributed by atoms with Gasteiger partial charge in [-0.1, -0.05) is 0 Å². The molecule has 0 radical (unpaired) electrons. The van der Waals surface area contributed by atoms with Gasteiger partial charge in [0, 0.05) is 52.8 Å². The summed E-state index contributed by atoms with van der Waals surface area (Å²) in [6.45, 7) is 0.748. The van der Waals surface area contributed by atoms with Crippen molar-refractivity contribution < 1.29 is 4.79 Å². The minimum atomic E-state index is 0.149. The predicted molar refractivity (Wildman–Crippen MR) is 112 cm³/mol. The third-order valence-corrected chi connectivity index (χ3v) is 5.89. The van der Waals surface area contributed by atoms with Crippen molar-refractivity contribution in [3.63, 3.8) is 0 Å². The van der Waals surface area contributed by atoms with Crippen molar-refractivity contribution in [2.75, 3.05) is 17.2 Å². The van der Waals surface area contributed by atoms with Gasteiger partial charge >= 0.3 is 0 Å². The molecule has 28 heavy (non-hydrogen) atoms. The van der Waals surface area contributed by atoms with Gasteiger partial charge in [-0.25, -0.2) is 9.97 Å². The monoisotopic (exact) mass is 387 g/mol. The molecule has 0 bridgehead atoms. The summed E-state index contributed by atoms with van der Waals surface area (Å²) in [5.41, 5.74) is 10.5. The molecular formula is C21H17N5OS. The van der Waals surface area contributed by atoms with Crippen LogP contribution in [0, 0.1) is 0 Å². The van der Waals surface area contributed by atoms with Gasteiger partial charge in [-0.15, -0.1) is 11.3 Å². The van der Waals surface area contributed by atoms with Crippen molar-refractivity contribution in [1.82, 2.24) is 15.0 Å². The first-order valence-electron chi connectivity index (χ1n) is 9.05. The molecule has 1 fully saturated rings. The van der Waals surface area contributed by atoms with E-state index in [1.54, 1.807) is 34.8 Å². The molecular weight excluding hydrogens is 370 g/mol. The molecule has 0 aromatic carbocycles. The molecule has 0 unspecified atom stereocenters. The molecule has 0 spiro atoms. The number of aromatic nitrogens is 3. The fourth-order valence-corrected chi connectivity index (χ4v) is 4.46. The van der Waals surface area contributed by atoms with E-state index in [1.165, 1.54) is 0 Å². The highest BCUT2D eigenvalue weighted by atomic mass is 32.1. The molecule has 1 aliphatic rings. The lowest BCUT2D eigenvalue weighted by molar-refractivity contribution is -0.117. The summed E-state index contributed by atoms with van der Waals surface area (Å²) in [4.78, 5) is 28.0. The Balaban J connectivity index is 1.53. The van der Waals surface area contributed by atoms with E-state index in [1.807, 2.05) is 24.3 Å². The molecule has 0 aliphatic carbocycles. The average Bonchev–Trinajstić information content (AvgIpc) is 3.35. The molecule has 6 nitrogen and oxygen atoms in total. The average molecular weight is 387 g/mol. The van der Waals surface area contributed by atoms with Gasteiger partial charge in [-0.3, -0.25) is 9.78 Å². The lowest BCUT2D eigenvalue weighted by Crippen LogP contribution is -2.23. The SMILES string of the molecule is Nc1ncc(-c2csc3ncccc23)cc1-c1ccc(N2CCCC2=O)cn1. The summed E-state index contributed by atoms with van der Waals surface area (Å²) in [6, 6.07) is 9.82. The smallest absolute Gasteiger partial charge is 0.227 e. The van der Waals surface area contributed by atoms with Crippen LogP contribution in [0.25, 0.3) is 32.6 Å². The predicted octanol–water partition coefficient (Wildman–Crippen LogP) is 4.13. The molecule has 1 amide bonds. The van der Waals surface area contributed by atoms with Gasteiger partial charge in [0.25, 0.3) is 0 Å². The summed E-state index contributed by atoms with van der Waals surface area (Å²) in [5.74, 6) is 0.578. The molecule has 0 saturated carbocycles. The van der Waals surface area contributed by atoms with Crippen LogP contribution in [0.1, 0.15) is 12.8 Å². The quantitative estimate of drug-likeness (QED) is 0.571. The van der Waals surface area contributed by atoms with Crippen LogP contribution in [0.15, 0.2) is 54.3 Å². The van der Waals surface area contributed by atoms with E-state index < -0.39 is 0 Å². The Labute approximate surface area is 165 Å². The number of thiophene rings is 1. The molecule has 138 valence electrons. The van der Waals surface area contributed by atoms with Crippen LogP contribution < -0.4 is 10.6 Å². The van der Waals surface area contributed by atoms with Crippen LogP contribution in [0.4, 0.5) is 11.5 Å². The first-order chi connectivity index (χ1) is 13.7. The van der Waals surface area contributed by atoms with E-state index >= 15 is 0 Å². The van der Waals surface area contributed by atoms with Crippen molar-refractivity contribution in [3.05, 3.63) is 54.3 Å². The third kappa shape index (κ3) is 2.80. The number of anilines is 2. The summed E-state index contributed by atoms with van der Waals surface area (Å²) < 4.78 is 0. The number of fused-ring (bicyclic) bond motifs is 1. The maximum Gasteiger partial charge on any atom is 0.227 e. The zero-order valence-electron chi connectivity index (χ0n) is 15.0. The lowest BCUT2D eigenvalue weighted by Gasteiger charge is -2.15. The molecule has 1 aliphatic heterocycles. The molecule has 0 atom stereocenters. The Morgan fingerprint density at radius 1 is 1.07 bits per heavy atom. The number of pyridine rings is 3. The number of hydrogen-bond acceptors (Lipinski definition) is 6. The van der Waals surface area contributed by atoms with Crippen LogP contribution in [0.3, 0.4) is 0 Å². The minimum Gasteiger partial charge on any atom is -0.383 e. The largest absolute Gasteiger partial charge is 0.383 e. The van der Waals surface area contributed by atoms with Crippen molar-refractivity contribution in [3.8, 4) is 22.4 Å². The van der Waals surface area contributed by atoms with E-state index in [-0.39, 0.29) is 5.91 Å². The van der Waals surface area contributed by atoms with Gasteiger partial charge in [-0.2, -0.15) is 0 Å². The number of nitrogens with zero attached hydrogens (tertiary/aromatic N) is 4. The Morgan fingerprint density at radius 2 is 2.00 bits per heavy atom. The van der Waals surface area contributed by atoms with E-state index in [9.17, 15) is 4.79 Å². The standard InChI is InChI=1S/C21H17N5OS/c22-20-16(18-6-5-14(11-24-18)26-8-2-4-19(26)27)9-13(10-25-20)17-12-28-21-15(17)3-1-7-23-21/h1,3,5-7,9-12H,2,4,8H2,(H2,22,25). The number of rotatable bonds is 3. The van der Waals surface area contributed by atoms with Gasteiger partial charge < -0.3 is 10.6 Å². The maximum atomic E-state index is 11.9. The number of amides is 1. The first kappa shape index (κ1) is 16.8. The first-order valence-corrected chi connectivity index (χ1v) is 9.93. The van der Waals surface area contributed by atoms with Crippen LogP contribution in [-0.4, -0.2) is 27.4 Å². The lowest BCUT2D eigenvalue weighted by atomic mass is 10.0. The van der Waals surface area contributed by atoms with Crippen molar-refractivity contribution in [2.24, 2.45) is 0 Å². The highest BCUT2D eigenvalue weighted by Gasteiger charge is 2.22. The number of carbonyl (C=O) groups excluding carboxylic acids is 1. The van der Waals surface area contributed by atoms with E-state index in [4.69, 9.17) is 5.73 Å².